The van der Waals surface area contributed by atoms with Gasteiger partial charge in [0.25, 0.3) is 0 Å². The van der Waals surface area contributed by atoms with Gasteiger partial charge >= 0.3 is 0 Å². The lowest BCUT2D eigenvalue weighted by Gasteiger charge is -2.19. The van der Waals surface area contributed by atoms with Crippen LogP contribution in [0.15, 0.2) is 23.1 Å². The van der Waals surface area contributed by atoms with Crippen molar-refractivity contribution in [2.24, 2.45) is 0 Å². The number of ether oxygens (including phenoxy) is 1. The van der Waals surface area contributed by atoms with Crippen molar-refractivity contribution >= 4 is 27.5 Å². The van der Waals surface area contributed by atoms with E-state index in [0.717, 1.165) is 17.1 Å². The van der Waals surface area contributed by atoms with Gasteiger partial charge in [0.2, 0.25) is 15.9 Å². The van der Waals surface area contributed by atoms with Crippen LogP contribution < -0.4 is 10.1 Å². The Morgan fingerprint density at radius 2 is 2.04 bits per heavy atom. The van der Waals surface area contributed by atoms with Gasteiger partial charge in [-0.2, -0.15) is 4.31 Å². The fourth-order valence-electron chi connectivity index (χ4n) is 2.21. The molecule has 0 saturated carbocycles. The van der Waals surface area contributed by atoms with E-state index in [1.54, 1.807) is 0 Å². The first-order valence-corrected chi connectivity index (χ1v) is 9.72. The van der Waals surface area contributed by atoms with Crippen LogP contribution in [0.25, 0.3) is 0 Å². The second-order valence-corrected chi connectivity index (χ2v) is 8.00. The van der Waals surface area contributed by atoms with E-state index in [4.69, 9.17) is 16.3 Å². The predicted octanol–water partition coefficient (Wildman–Crippen LogP) is 2.66. The summed E-state index contributed by atoms with van der Waals surface area (Å²) in [5, 5.41) is 3.00. The summed E-state index contributed by atoms with van der Waals surface area (Å²) >= 11 is 6.04. The van der Waals surface area contributed by atoms with Gasteiger partial charge in [0.1, 0.15) is 5.75 Å². The molecule has 1 amide bonds. The van der Waals surface area contributed by atoms with Gasteiger partial charge < -0.3 is 10.1 Å². The van der Waals surface area contributed by atoms with Crippen LogP contribution in [-0.4, -0.2) is 44.9 Å². The van der Waals surface area contributed by atoms with E-state index in [1.165, 1.54) is 25.2 Å². The Kier molecular flexibility index (Phi) is 7.99. The van der Waals surface area contributed by atoms with Crippen LogP contribution in [0.1, 0.15) is 33.6 Å². The van der Waals surface area contributed by atoms with Gasteiger partial charge in [-0.05, 0) is 38.5 Å². The quantitative estimate of drug-likeness (QED) is 0.718. The van der Waals surface area contributed by atoms with E-state index in [0.29, 0.717) is 12.4 Å². The van der Waals surface area contributed by atoms with Crippen molar-refractivity contribution in [1.82, 2.24) is 9.62 Å². The highest BCUT2D eigenvalue weighted by Gasteiger charge is 2.24. The summed E-state index contributed by atoms with van der Waals surface area (Å²) in [5.74, 6) is 0.0889. The lowest BCUT2D eigenvalue weighted by molar-refractivity contribution is -0.121. The van der Waals surface area contributed by atoms with Gasteiger partial charge in [-0.3, -0.25) is 4.79 Å². The summed E-state index contributed by atoms with van der Waals surface area (Å²) in [6.45, 7) is 5.91. The molecule has 1 N–H and O–H groups in total. The molecule has 8 heteroatoms. The van der Waals surface area contributed by atoms with Crippen LogP contribution in [0.5, 0.6) is 5.75 Å². The number of carbonyl (C=O) groups is 1. The summed E-state index contributed by atoms with van der Waals surface area (Å²) in [5.41, 5.74) is 0. The molecule has 136 valence electrons. The molecule has 1 rings (SSSR count). The molecule has 1 atom stereocenters. The van der Waals surface area contributed by atoms with Crippen molar-refractivity contribution in [1.29, 1.82) is 0 Å². The fraction of sp³-hybridized carbons (Fsp3) is 0.562. The number of likely N-dealkylation sites (N-methyl/N-ethyl adjacent to an activating group) is 1. The summed E-state index contributed by atoms with van der Waals surface area (Å²) in [6, 6.07) is 4.27. The number of nitrogens with zero attached hydrogens (tertiary/aromatic N) is 1. The Morgan fingerprint density at radius 1 is 1.38 bits per heavy atom. The van der Waals surface area contributed by atoms with Crippen molar-refractivity contribution in [2.75, 3.05) is 20.2 Å². The number of halogens is 1. The maximum atomic E-state index is 12.5. The van der Waals surface area contributed by atoms with Crippen LogP contribution >= 0.6 is 11.6 Å². The summed E-state index contributed by atoms with van der Waals surface area (Å²) in [4.78, 5) is 12.0. The van der Waals surface area contributed by atoms with Crippen LogP contribution in [0.3, 0.4) is 0 Å². The van der Waals surface area contributed by atoms with Crippen LogP contribution in [-0.2, 0) is 14.8 Å². The number of nitrogens with one attached hydrogen (secondary N) is 1. The predicted molar refractivity (Wildman–Crippen MR) is 94.9 cm³/mol. The Bertz CT molecular complexity index is 664. The van der Waals surface area contributed by atoms with Crippen molar-refractivity contribution in [3.8, 4) is 5.75 Å². The Balaban J connectivity index is 2.83. The lowest BCUT2D eigenvalue weighted by atomic mass is 10.2. The van der Waals surface area contributed by atoms with Crippen LogP contribution in [0, 0.1) is 0 Å². The van der Waals surface area contributed by atoms with Crippen molar-refractivity contribution in [3.05, 3.63) is 23.2 Å². The summed E-state index contributed by atoms with van der Waals surface area (Å²) < 4.78 is 31.4. The number of carbonyl (C=O) groups excluding carboxylic acids is 1. The molecule has 0 aliphatic rings. The van der Waals surface area contributed by atoms with E-state index >= 15 is 0 Å². The van der Waals surface area contributed by atoms with E-state index < -0.39 is 10.0 Å². The largest absolute Gasteiger partial charge is 0.492 e. The second kappa shape index (κ2) is 9.25. The van der Waals surface area contributed by atoms with Gasteiger partial charge in [-0.25, -0.2) is 8.42 Å². The Hall–Kier alpha value is -1.31. The van der Waals surface area contributed by atoms with Gasteiger partial charge in [-0.1, -0.05) is 24.9 Å². The molecule has 1 aromatic rings. The lowest BCUT2D eigenvalue weighted by Crippen LogP contribution is -2.41. The standard InChI is InChI=1S/C16H25ClN2O4S/c1-5-7-12(3)18-16(20)11-19(4)24(21,22)13-8-9-15(23-6-2)14(17)10-13/h8-10,12H,5-7,11H2,1-4H3,(H,18,20)/t12-/m1/s1. The van der Waals surface area contributed by atoms with E-state index in [1.807, 2.05) is 20.8 Å². The molecule has 0 unspecified atom stereocenters. The first-order chi connectivity index (χ1) is 11.2. The number of rotatable bonds is 9. The number of benzene rings is 1. The molecule has 0 heterocycles. The van der Waals surface area contributed by atoms with Crippen molar-refractivity contribution < 1.29 is 17.9 Å². The average molecular weight is 377 g/mol. The number of hydrogen-bond donors (Lipinski definition) is 1. The Labute approximate surface area is 149 Å². The molecule has 24 heavy (non-hydrogen) atoms. The molecule has 0 bridgehead atoms. The van der Waals surface area contributed by atoms with Gasteiger partial charge in [0, 0.05) is 13.1 Å². The van der Waals surface area contributed by atoms with Gasteiger partial charge in [0.15, 0.2) is 0 Å². The van der Waals surface area contributed by atoms with Crippen LogP contribution in [0.4, 0.5) is 0 Å². The molecular formula is C16H25ClN2O4S. The normalized spacial score (nSPS) is 12.9. The zero-order valence-corrected chi connectivity index (χ0v) is 16.1. The molecule has 0 aliphatic carbocycles. The molecule has 0 aliphatic heterocycles. The maximum Gasteiger partial charge on any atom is 0.243 e. The smallest absolute Gasteiger partial charge is 0.243 e. The van der Waals surface area contributed by atoms with Gasteiger partial charge in [0.05, 0.1) is 23.1 Å². The molecule has 0 saturated heterocycles. The minimum Gasteiger partial charge on any atom is -0.492 e. The highest BCUT2D eigenvalue weighted by molar-refractivity contribution is 7.89. The third kappa shape index (κ3) is 5.65. The van der Waals surface area contributed by atoms with E-state index in [9.17, 15) is 13.2 Å². The summed E-state index contributed by atoms with van der Waals surface area (Å²) in [6.07, 6.45) is 1.79. The first-order valence-electron chi connectivity index (χ1n) is 7.90. The van der Waals surface area contributed by atoms with Gasteiger partial charge in [-0.15, -0.1) is 0 Å². The van der Waals surface area contributed by atoms with Crippen molar-refractivity contribution in [2.45, 2.75) is 44.6 Å². The molecular weight excluding hydrogens is 352 g/mol. The molecule has 0 radical (unpaired) electrons. The molecule has 0 fully saturated rings. The first kappa shape index (κ1) is 20.7. The summed E-state index contributed by atoms with van der Waals surface area (Å²) in [7, 11) is -2.44. The number of hydrogen-bond acceptors (Lipinski definition) is 4. The molecule has 0 aromatic heterocycles. The average Bonchev–Trinajstić information content (AvgIpc) is 2.49. The second-order valence-electron chi connectivity index (χ2n) is 5.54. The number of sulfonamides is 1. The van der Waals surface area contributed by atoms with Crippen molar-refractivity contribution in [3.63, 3.8) is 0 Å². The van der Waals surface area contributed by atoms with E-state index in [2.05, 4.69) is 5.32 Å². The third-order valence-corrected chi connectivity index (χ3v) is 5.50. The maximum absolute atomic E-state index is 12.5. The minimum absolute atomic E-state index is 0.0125. The fourth-order valence-corrected chi connectivity index (χ4v) is 3.66. The SMILES string of the molecule is CCC[C@@H](C)NC(=O)CN(C)S(=O)(=O)c1ccc(OCC)c(Cl)c1. The molecule has 6 nitrogen and oxygen atoms in total. The highest BCUT2D eigenvalue weighted by Crippen LogP contribution is 2.28. The van der Waals surface area contributed by atoms with Crippen LogP contribution in [0.2, 0.25) is 5.02 Å². The Morgan fingerprint density at radius 3 is 2.58 bits per heavy atom. The zero-order valence-electron chi connectivity index (χ0n) is 14.5. The number of amides is 1. The van der Waals surface area contributed by atoms with E-state index in [-0.39, 0.29) is 28.4 Å². The third-order valence-electron chi connectivity index (χ3n) is 3.41. The monoisotopic (exact) mass is 376 g/mol. The minimum atomic E-state index is -3.80. The molecule has 1 aromatic carbocycles. The molecule has 0 spiro atoms. The highest BCUT2D eigenvalue weighted by atomic mass is 35.5. The topological polar surface area (TPSA) is 75.7 Å². The zero-order chi connectivity index (χ0) is 18.3.